The molecule has 0 aromatic carbocycles. The summed E-state index contributed by atoms with van der Waals surface area (Å²) in [6, 6.07) is 4.01. The van der Waals surface area contributed by atoms with Crippen molar-refractivity contribution in [2.24, 2.45) is 5.92 Å². The Morgan fingerprint density at radius 1 is 1.21 bits per heavy atom. The summed E-state index contributed by atoms with van der Waals surface area (Å²) in [5, 5.41) is 13.3. The smallest absolute Gasteiger partial charge is 0.223 e. The molecule has 5 heteroatoms. The Labute approximate surface area is 144 Å². The van der Waals surface area contributed by atoms with E-state index < -0.39 is 0 Å². The molecule has 5 nitrogen and oxygen atoms in total. The van der Waals surface area contributed by atoms with Crippen molar-refractivity contribution in [2.75, 3.05) is 13.1 Å². The molecular weight excluding hydrogens is 302 g/mol. The Kier molecular flexibility index (Phi) is 6.21. The lowest BCUT2D eigenvalue weighted by atomic mass is 9.94. The minimum absolute atomic E-state index is 0.0478. The standard InChI is InChI=1S/C19H29N3O2/c23-18-7-3-1-2-6-17(18)21-19(24)16-8-11-22(12-9-16)14-15-5-4-10-20-13-15/h4-5,10,13,16-18,23H,1-3,6-9,11-12,14H2,(H,21,24)/t17-,18-/m1/s1. The van der Waals surface area contributed by atoms with Gasteiger partial charge >= 0.3 is 0 Å². The van der Waals surface area contributed by atoms with E-state index in [1.165, 1.54) is 5.56 Å². The quantitative estimate of drug-likeness (QED) is 0.829. The van der Waals surface area contributed by atoms with Gasteiger partial charge in [0.2, 0.25) is 5.91 Å². The van der Waals surface area contributed by atoms with Crippen molar-refractivity contribution in [1.82, 2.24) is 15.2 Å². The Morgan fingerprint density at radius 3 is 2.75 bits per heavy atom. The maximum atomic E-state index is 12.5. The SMILES string of the molecule is O=C(N[C@@H]1CCCCC[C@H]1O)C1CCN(Cc2cccnc2)CC1. The number of carbonyl (C=O) groups is 1. The van der Waals surface area contributed by atoms with E-state index in [0.29, 0.717) is 0 Å². The Hall–Kier alpha value is -1.46. The first kappa shape index (κ1) is 17.4. The summed E-state index contributed by atoms with van der Waals surface area (Å²) >= 11 is 0. The van der Waals surface area contributed by atoms with Gasteiger partial charge in [0.05, 0.1) is 12.1 Å². The second-order valence-corrected chi connectivity index (χ2v) is 7.23. The molecular formula is C19H29N3O2. The topological polar surface area (TPSA) is 65.5 Å². The monoisotopic (exact) mass is 331 g/mol. The summed E-state index contributed by atoms with van der Waals surface area (Å²) < 4.78 is 0. The van der Waals surface area contributed by atoms with E-state index in [4.69, 9.17) is 0 Å². The largest absolute Gasteiger partial charge is 0.391 e. The van der Waals surface area contributed by atoms with E-state index >= 15 is 0 Å². The second-order valence-electron chi connectivity index (χ2n) is 7.23. The highest BCUT2D eigenvalue weighted by atomic mass is 16.3. The van der Waals surface area contributed by atoms with Gasteiger partial charge in [0.1, 0.15) is 0 Å². The molecule has 1 aliphatic carbocycles. The van der Waals surface area contributed by atoms with E-state index in [1.54, 1.807) is 6.20 Å². The zero-order chi connectivity index (χ0) is 16.8. The third-order valence-electron chi connectivity index (χ3n) is 5.39. The number of hydrogen-bond acceptors (Lipinski definition) is 4. The fraction of sp³-hybridized carbons (Fsp3) is 0.684. The lowest BCUT2D eigenvalue weighted by Gasteiger charge is -2.32. The first-order chi connectivity index (χ1) is 11.7. The molecule has 1 amide bonds. The molecule has 1 aliphatic heterocycles. The molecule has 1 aromatic rings. The van der Waals surface area contributed by atoms with Crippen LogP contribution in [0.15, 0.2) is 24.5 Å². The highest BCUT2D eigenvalue weighted by Crippen LogP contribution is 2.22. The van der Waals surface area contributed by atoms with E-state index in [-0.39, 0.29) is 24.0 Å². The first-order valence-electron chi connectivity index (χ1n) is 9.32. The van der Waals surface area contributed by atoms with Crippen LogP contribution in [0, 0.1) is 5.92 Å². The van der Waals surface area contributed by atoms with Crippen LogP contribution in [0.3, 0.4) is 0 Å². The molecule has 24 heavy (non-hydrogen) atoms. The van der Waals surface area contributed by atoms with Gasteiger partial charge in [-0.15, -0.1) is 0 Å². The third-order valence-corrected chi connectivity index (χ3v) is 5.39. The van der Waals surface area contributed by atoms with Gasteiger partial charge in [0.15, 0.2) is 0 Å². The number of likely N-dealkylation sites (tertiary alicyclic amines) is 1. The van der Waals surface area contributed by atoms with Crippen molar-refractivity contribution < 1.29 is 9.90 Å². The number of nitrogens with one attached hydrogen (secondary N) is 1. The van der Waals surface area contributed by atoms with E-state index in [0.717, 1.165) is 64.6 Å². The van der Waals surface area contributed by atoms with Crippen LogP contribution < -0.4 is 5.32 Å². The second kappa shape index (κ2) is 8.58. The van der Waals surface area contributed by atoms with Crippen molar-refractivity contribution in [3.63, 3.8) is 0 Å². The summed E-state index contributed by atoms with van der Waals surface area (Å²) in [6.07, 6.45) is 10.2. The molecule has 2 N–H and O–H groups in total. The van der Waals surface area contributed by atoms with Crippen LogP contribution in [0.2, 0.25) is 0 Å². The number of carbonyl (C=O) groups excluding carboxylic acids is 1. The van der Waals surface area contributed by atoms with Crippen LogP contribution in [-0.4, -0.2) is 46.1 Å². The first-order valence-corrected chi connectivity index (χ1v) is 9.32. The average molecular weight is 331 g/mol. The van der Waals surface area contributed by atoms with Crippen molar-refractivity contribution >= 4 is 5.91 Å². The van der Waals surface area contributed by atoms with E-state index in [2.05, 4.69) is 21.3 Å². The van der Waals surface area contributed by atoms with Crippen LogP contribution >= 0.6 is 0 Å². The number of nitrogens with zero attached hydrogens (tertiary/aromatic N) is 2. The van der Waals surface area contributed by atoms with Crippen LogP contribution in [0.1, 0.15) is 50.5 Å². The number of amides is 1. The molecule has 132 valence electrons. The van der Waals surface area contributed by atoms with Crippen molar-refractivity contribution in [3.05, 3.63) is 30.1 Å². The van der Waals surface area contributed by atoms with E-state index in [1.807, 2.05) is 12.3 Å². The van der Waals surface area contributed by atoms with Gasteiger partial charge in [-0.05, 0) is 50.4 Å². The summed E-state index contributed by atoms with van der Waals surface area (Å²) in [5.41, 5.74) is 1.22. The molecule has 2 fully saturated rings. The normalized spacial score (nSPS) is 26.7. The number of hydrogen-bond donors (Lipinski definition) is 2. The Morgan fingerprint density at radius 2 is 2.00 bits per heavy atom. The third kappa shape index (κ3) is 4.77. The lowest BCUT2D eigenvalue weighted by molar-refractivity contribution is -0.128. The van der Waals surface area contributed by atoms with Gasteiger partial charge in [-0.25, -0.2) is 0 Å². The van der Waals surface area contributed by atoms with Crippen LogP contribution in [0.5, 0.6) is 0 Å². The zero-order valence-corrected chi connectivity index (χ0v) is 14.4. The fourth-order valence-corrected chi connectivity index (χ4v) is 3.86. The predicted octanol–water partition coefficient (Wildman–Crippen LogP) is 2.10. The van der Waals surface area contributed by atoms with Crippen LogP contribution in [0.4, 0.5) is 0 Å². The molecule has 0 spiro atoms. The van der Waals surface area contributed by atoms with Crippen molar-refractivity contribution in [2.45, 2.75) is 63.6 Å². The predicted molar refractivity (Wildman–Crippen MR) is 93.3 cm³/mol. The maximum absolute atomic E-state index is 12.5. The molecule has 2 aliphatic rings. The van der Waals surface area contributed by atoms with Gasteiger partial charge in [0, 0.05) is 24.9 Å². The van der Waals surface area contributed by atoms with Gasteiger partial charge in [-0.1, -0.05) is 25.3 Å². The molecule has 0 radical (unpaired) electrons. The molecule has 0 unspecified atom stereocenters. The summed E-state index contributed by atoms with van der Waals surface area (Å²) in [5.74, 6) is 0.229. The molecule has 1 aromatic heterocycles. The average Bonchev–Trinajstić information content (AvgIpc) is 2.81. The Bertz CT molecular complexity index is 515. The summed E-state index contributed by atoms with van der Waals surface area (Å²) in [7, 11) is 0. The summed E-state index contributed by atoms with van der Waals surface area (Å²) in [6.45, 7) is 2.80. The maximum Gasteiger partial charge on any atom is 0.223 e. The minimum Gasteiger partial charge on any atom is -0.391 e. The van der Waals surface area contributed by atoms with Crippen LogP contribution in [0.25, 0.3) is 0 Å². The van der Waals surface area contributed by atoms with Gasteiger partial charge in [-0.3, -0.25) is 14.7 Å². The summed E-state index contributed by atoms with van der Waals surface area (Å²) in [4.78, 5) is 19.1. The van der Waals surface area contributed by atoms with Gasteiger partial charge in [0.25, 0.3) is 0 Å². The minimum atomic E-state index is -0.373. The molecule has 3 rings (SSSR count). The lowest BCUT2D eigenvalue weighted by Crippen LogP contribution is -2.47. The zero-order valence-electron chi connectivity index (χ0n) is 14.4. The number of rotatable bonds is 4. The van der Waals surface area contributed by atoms with Crippen molar-refractivity contribution in [1.29, 1.82) is 0 Å². The molecule has 0 bridgehead atoms. The van der Waals surface area contributed by atoms with Crippen molar-refractivity contribution in [3.8, 4) is 0 Å². The number of aliphatic hydroxyl groups is 1. The highest BCUT2D eigenvalue weighted by Gasteiger charge is 2.29. The number of aliphatic hydroxyl groups excluding tert-OH is 1. The highest BCUT2D eigenvalue weighted by molar-refractivity contribution is 5.79. The number of piperidine rings is 1. The number of aromatic nitrogens is 1. The molecule has 2 atom stereocenters. The Balaban J connectivity index is 1.44. The molecule has 1 saturated heterocycles. The number of pyridine rings is 1. The van der Waals surface area contributed by atoms with Gasteiger partial charge < -0.3 is 10.4 Å². The van der Waals surface area contributed by atoms with E-state index in [9.17, 15) is 9.90 Å². The van der Waals surface area contributed by atoms with Crippen LogP contribution in [-0.2, 0) is 11.3 Å². The fourth-order valence-electron chi connectivity index (χ4n) is 3.86. The van der Waals surface area contributed by atoms with Gasteiger partial charge in [-0.2, -0.15) is 0 Å². The molecule has 2 heterocycles. The molecule has 1 saturated carbocycles.